The van der Waals surface area contributed by atoms with E-state index in [0.717, 1.165) is 19.8 Å². The molecule has 0 fully saturated rings. The highest BCUT2D eigenvalue weighted by Gasteiger charge is 2.35. The number of hydrogen-bond donors (Lipinski definition) is 0. The number of ether oxygens (including phenoxy) is 3. The first-order valence-corrected chi connectivity index (χ1v) is 6.07. The van der Waals surface area contributed by atoms with Crippen molar-refractivity contribution in [2.75, 3.05) is 14.2 Å². The molecule has 0 bridgehead atoms. The van der Waals surface area contributed by atoms with Crippen LogP contribution in [0.4, 0.5) is 0 Å². The monoisotopic (exact) mass is 291 g/mol. The molecule has 110 valence electrons. The standard InChI is InChI=1S/C14H13NO6/c1-19-13(17)10(11(16)14(18)20-2)15-12-9-6-4-3-5-8(9)7-21-12/h3-6,10H,7H2,1-2H3. The van der Waals surface area contributed by atoms with Crippen LogP contribution in [0.5, 0.6) is 0 Å². The van der Waals surface area contributed by atoms with Crippen molar-refractivity contribution in [1.82, 2.24) is 0 Å². The first kappa shape index (κ1) is 14.7. The Balaban J connectivity index is 2.36. The molecular weight excluding hydrogens is 278 g/mol. The third kappa shape index (κ3) is 2.91. The van der Waals surface area contributed by atoms with Gasteiger partial charge in [-0.05, 0) is 6.07 Å². The summed E-state index contributed by atoms with van der Waals surface area (Å²) in [6.07, 6.45) is 0. The molecule has 0 aliphatic carbocycles. The predicted octanol–water partition coefficient (Wildman–Crippen LogP) is 0.247. The van der Waals surface area contributed by atoms with Crippen LogP contribution in [0, 0.1) is 0 Å². The van der Waals surface area contributed by atoms with Gasteiger partial charge in [-0.2, -0.15) is 0 Å². The summed E-state index contributed by atoms with van der Waals surface area (Å²) in [6.45, 7) is 0.287. The first-order chi connectivity index (χ1) is 10.1. The zero-order valence-corrected chi connectivity index (χ0v) is 11.5. The maximum Gasteiger partial charge on any atom is 0.377 e. The lowest BCUT2D eigenvalue weighted by atomic mass is 10.1. The normalized spacial score (nSPS) is 15.8. The van der Waals surface area contributed by atoms with Crippen LogP contribution in [0.2, 0.25) is 0 Å². The second kappa shape index (κ2) is 6.17. The van der Waals surface area contributed by atoms with Crippen molar-refractivity contribution in [1.29, 1.82) is 0 Å². The van der Waals surface area contributed by atoms with Crippen molar-refractivity contribution in [2.24, 2.45) is 4.99 Å². The molecular formula is C14H13NO6. The van der Waals surface area contributed by atoms with Crippen molar-refractivity contribution >= 4 is 23.6 Å². The molecule has 7 heteroatoms. The van der Waals surface area contributed by atoms with E-state index in [-0.39, 0.29) is 12.5 Å². The van der Waals surface area contributed by atoms with Gasteiger partial charge in [0.1, 0.15) is 6.61 Å². The predicted molar refractivity (Wildman–Crippen MR) is 70.6 cm³/mol. The molecule has 0 amide bonds. The van der Waals surface area contributed by atoms with Crippen molar-refractivity contribution < 1.29 is 28.6 Å². The lowest BCUT2D eigenvalue weighted by Crippen LogP contribution is -2.36. The zero-order valence-electron chi connectivity index (χ0n) is 11.5. The Morgan fingerprint density at radius 2 is 1.90 bits per heavy atom. The van der Waals surface area contributed by atoms with Crippen LogP contribution >= 0.6 is 0 Å². The molecule has 21 heavy (non-hydrogen) atoms. The number of nitrogens with zero attached hydrogens (tertiary/aromatic N) is 1. The van der Waals surface area contributed by atoms with Crippen molar-refractivity contribution in [2.45, 2.75) is 12.6 Å². The minimum atomic E-state index is -1.64. The highest BCUT2D eigenvalue weighted by molar-refractivity contribution is 6.40. The van der Waals surface area contributed by atoms with Crippen LogP contribution in [0.3, 0.4) is 0 Å². The summed E-state index contributed by atoms with van der Waals surface area (Å²) in [6, 6.07) is 5.56. The van der Waals surface area contributed by atoms with Gasteiger partial charge in [0.15, 0.2) is 0 Å². The maximum absolute atomic E-state index is 11.8. The fourth-order valence-electron chi connectivity index (χ4n) is 1.84. The van der Waals surface area contributed by atoms with E-state index in [9.17, 15) is 14.4 Å². The summed E-state index contributed by atoms with van der Waals surface area (Å²) in [7, 11) is 2.15. The number of aliphatic imine (C=N–C) groups is 1. The quantitative estimate of drug-likeness (QED) is 0.448. The van der Waals surface area contributed by atoms with Gasteiger partial charge in [0.05, 0.1) is 14.2 Å². The van der Waals surface area contributed by atoms with Gasteiger partial charge in [0.2, 0.25) is 11.9 Å². The largest absolute Gasteiger partial charge is 0.473 e. The van der Waals surface area contributed by atoms with E-state index in [1.54, 1.807) is 12.1 Å². The van der Waals surface area contributed by atoms with Gasteiger partial charge >= 0.3 is 11.9 Å². The SMILES string of the molecule is COC(=O)C(=O)C(N=C1OCc2ccccc21)C(=O)OC. The maximum atomic E-state index is 11.8. The molecule has 1 aromatic carbocycles. The molecule has 0 spiro atoms. The summed E-state index contributed by atoms with van der Waals surface area (Å²) in [5.74, 6) is -3.10. The molecule has 0 N–H and O–H groups in total. The summed E-state index contributed by atoms with van der Waals surface area (Å²) in [5.41, 5.74) is 1.55. The smallest absolute Gasteiger partial charge is 0.377 e. The Hall–Kier alpha value is -2.70. The Kier molecular flexibility index (Phi) is 4.32. The number of fused-ring (bicyclic) bond motifs is 1. The third-order valence-electron chi connectivity index (χ3n) is 2.92. The highest BCUT2D eigenvalue weighted by atomic mass is 16.5. The van der Waals surface area contributed by atoms with E-state index in [0.29, 0.717) is 5.56 Å². The molecule has 0 saturated carbocycles. The summed E-state index contributed by atoms with van der Waals surface area (Å²) >= 11 is 0. The van der Waals surface area contributed by atoms with E-state index in [4.69, 9.17) is 4.74 Å². The Morgan fingerprint density at radius 3 is 2.57 bits per heavy atom. The fourth-order valence-corrected chi connectivity index (χ4v) is 1.84. The van der Waals surface area contributed by atoms with E-state index in [1.807, 2.05) is 12.1 Å². The summed E-state index contributed by atoms with van der Waals surface area (Å²) in [5, 5.41) is 0. The number of ketones is 1. The van der Waals surface area contributed by atoms with Crippen molar-refractivity contribution in [3.63, 3.8) is 0 Å². The topological polar surface area (TPSA) is 91.3 Å². The van der Waals surface area contributed by atoms with E-state index >= 15 is 0 Å². The van der Waals surface area contributed by atoms with Crippen LogP contribution < -0.4 is 0 Å². The minimum absolute atomic E-state index is 0.123. The number of rotatable bonds is 4. The van der Waals surface area contributed by atoms with Gasteiger partial charge in [0, 0.05) is 11.1 Å². The van der Waals surface area contributed by atoms with Crippen molar-refractivity contribution in [3.05, 3.63) is 35.4 Å². The second-order valence-electron chi connectivity index (χ2n) is 4.16. The van der Waals surface area contributed by atoms with Crippen LogP contribution in [0.1, 0.15) is 11.1 Å². The number of methoxy groups -OCH3 is 2. The zero-order chi connectivity index (χ0) is 15.4. The molecule has 1 aromatic rings. The molecule has 0 radical (unpaired) electrons. The Bertz CT molecular complexity index is 622. The Labute approximate surface area is 120 Å². The average Bonchev–Trinajstić information content (AvgIpc) is 2.93. The van der Waals surface area contributed by atoms with Crippen LogP contribution in [0.15, 0.2) is 29.3 Å². The van der Waals surface area contributed by atoms with E-state index in [2.05, 4.69) is 14.5 Å². The number of carbonyl (C=O) groups is 3. The minimum Gasteiger partial charge on any atom is -0.473 e. The van der Waals surface area contributed by atoms with Crippen molar-refractivity contribution in [3.8, 4) is 0 Å². The molecule has 1 atom stereocenters. The van der Waals surface area contributed by atoms with Gasteiger partial charge in [-0.3, -0.25) is 4.79 Å². The van der Waals surface area contributed by atoms with Crippen LogP contribution in [-0.4, -0.2) is 43.9 Å². The molecule has 7 nitrogen and oxygen atoms in total. The lowest BCUT2D eigenvalue weighted by Gasteiger charge is -2.09. The van der Waals surface area contributed by atoms with Gasteiger partial charge in [-0.25, -0.2) is 14.6 Å². The number of carbonyl (C=O) groups excluding carboxylic acids is 3. The van der Waals surface area contributed by atoms with Crippen LogP contribution in [0.25, 0.3) is 0 Å². The fraction of sp³-hybridized carbons (Fsp3) is 0.286. The van der Waals surface area contributed by atoms with Crippen LogP contribution in [-0.2, 0) is 35.2 Å². The number of esters is 2. The number of benzene rings is 1. The Morgan fingerprint density at radius 1 is 1.19 bits per heavy atom. The van der Waals surface area contributed by atoms with E-state index < -0.39 is 23.8 Å². The molecule has 2 rings (SSSR count). The summed E-state index contributed by atoms with van der Waals surface area (Å²) in [4.78, 5) is 38.7. The number of Topliss-reactive ketones (excluding diaryl/α,β-unsaturated/α-hetero) is 1. The molecule has 0 saturated heterocycles. The van der Waals surface area contributed by atoms with Gasteiger partial charge in [0.25, 0.3) is 5.78 Å². The molecule has 1 heterocycles. The molecule has 0 aromatic heterocycles. The highest BCUT2D eigenvalue weighted by Crippen LogP contribution is 2.20. The first-order valence-electron chi connectivity index (χ1n) is 6.07. The molecule has 1 aliphatic rings. The van der Waals surface area contributed by atoms with Gasteiger partial charge in [-0.1, -0.05) is 18.2 Å². The third-order valence-corrected chi connectivity index (χ3v) is 2.92. The number of hydrogen-bond acceptors (Lipinski definition) is 7. The van der Waals surface area contributed by atoms with E-state index in [1.165, 1.54) is 0 Å². The lowest BCUT2D eigenvalue weighted by molar-refractivity contribution is -0.156. The van der Waals surface area contributed by atoms with Gasteiger partial charge < -0.3 is 14.2 Å². The molecule has 1 aliphatic heterocycles. The average molecular weight is 291 g/mol. The summed E-state index contributed by atoms with van der Waals surface area (Å²) < 4.78 is 14.2. The van der Waals surface area contributed by atoms with Gasteiger partial charge in [-0.15, -0.1) is 0 Å². The molecule has 1 unspecified atom stereocenters. The second-order valence-corrected chi connectivity index (χ2v) is 4.16.